The molecule has 2 nitrogen and oxygen atoms in total. The number of rotatable bonds is 2. The van der Waals surface area contributed by atoms with Crippen LogP contribution in [0.4, 0.5) is 4.53 Å². The summed E-state index contributed by atoms with van der Waals surface area (Å²) in [5.74, 6) is 0. The molecule has 0 unspecified atom stereocenters. The second-order valence-electron chi connectivity index (χ2n) is 0.607. The van der Waals surface area contributed by atoms with Crippen molar-refractivity contribution in [2.45, 2.75) is 0 Å². The Kier molecular flexibility index (Phi) is 3.73. The van der Waals surface area contributed by atoms with Crippen molar-refractivity contribution in [3.8, 4) is 0 Å². The molecule has 0 aromatic rings. The minimum Gasteiger partial charge on any atom is -0.295 e. The van der Waals surface area contributed by atoms with Crippen LogP contribution < -0.4 is 5.32 Å². The van der Waals surface area contributed by atoms with Gasteiger partial charge in [-0.25, -0.2) is 0 Å². The van der Waals surface area contributed by atoms with Gasteiger partial charge in [0.1, 0.15) is 6.73 Å². The van der Waals surface area contributed by atoms with E-state index in [1.165, 1.54) is 0 Å². The first-order valence-corrected chi connectivity index (χ1v) is 1.30. The Morgan fingerprint density at radius 3 is 2.60 bits per heavy atom. The van der Waals surface area contributed by atoms with Crippen molar-refractivity contribution in [2.24, 2.45) is 0 Å². The summed E-state index contributed by atoms with van der Waals surface area (Å²) in [6.45, 7) is -0.0278. The fraction of sp³-hybridized carbons (Fsp3) is 1.00. The third-order valence-electron chi connectivity index (χ3n) is 0.199. The maximum atomic E-state index is 10.4. The third-order valence-corrected chi connectivity index (χ3v) is 0.199. The summed E-state index contributed by atoms with van der Waals surface area (Å²) < 4.78 is 10.4. The van der Waals surface area contributed by atoms with Crippen molar-refractivity contribution in [1.29, 1.82) is 0 Å². The number of nitrogens with one attached hydrogen (secondary N) is 1. The molecule has 0 fully saturated rings. The van der Waals surface area contributed by atoms with Crippen LogP contribution in [0.1, 0.15) is 0 Å². The van der Waals surface area contributed by atoms with Crippen LogP contribution in [0, 0.1) is 0 Å². The predicted molar refractivity (Wildman–Crippen MR) is 16.1 cm³/mol. The Hall–Kier alpha value is -0.150. The van der Waals surface area contributed by atoms with E-state index in [0.29, 0.717) is 0 Å². The van der Waals surface area contributed by atoms with Gasteiger partial charge in [-0.05, 0) is 11.6 Å². The zero-order chi connectivity index (χ0) is 4.12. The molecule has 0 saturated heterocycles. The molecule has 32 valence electrons. The van der Waals surface area contributed by atoms with Crippen LogP contribution in [0.25, 0.3) is 0 Å². The quantitative estimate of drug-likeness (QED) is 0.473. The highest BCUT2D eigenvalue weighted by Gasteiger charge is 1.67. The largest absolute Gasteiger partial charge is 0.295 e. The summed E-state index contributed by atoms with van der Waals surface area (Å²) >= 11 is 0. The van der Waals surface area contributed by atoms with Crippen LogP contribution >= 0.6 is 0 Å². The summed E-state index contributed by atoms with van der Waals surface area (Å²) in [4.78, 5) is 3.08. The van der Waals surface area contributed by atoms with Gasteiger partial charge in [0.2, 0.25) is 0 Å². The summed E-state index contributed by atoms with van der Waals surface area (Å²) in [6.07, 6.45) is 0. The molecule has 3 heteroatoms. The van der Waals surface area contributed by atoms with Gasteiger partial charge < -0.3 is 0 Å². The Morgan fingerprint density at radius 1 is 2.00 bits per heavy atom. The SMILES string of the molecule is CNCOF. The zero-order valence-electron chi connectivity index (χ0n) is 2.99. The molecule has 0 aliphatic rings. The van der Waals surface area contributed by atoms with Crippen molar-refractivity contribution in [1.82, 2.24) is 5.32 Å². The normalized spacial score (nSPS) is 8.40. The van der Waals surface area contributed by atoms with E-state index >= 15 is 0 Å². The first-order valence-electron chi connectivity index (χ1n) is 1.30. The lowest BCUT2D eigenvalue weighted by molar-refractivity contribution is -0.137. The van der Waals surface area contributed by atoms with Gasteiger partial charge in [0.05, 0.1) is 0 Å². The minimum absolute atomic E-state index is 0.0278. The Morgan fingerprint density at radius 2 is 2.60 bits per heavy atom. The predicted octanol–water partition coefficient (Wildman–Crippen LogP) is 0.0644. The Balaban J connectivity index is 2.19. The summed E-state index contributed by atoms with van der Waals surface area (Å²) in [5, 5.41) is 2.42. The van der Waals surface area contributed by atoms with Crippen LogP contribution in [0.2, 0.25) is 0 Å². The molecular weight excluding hydrogens is 73.0 g/mol. The van der Waals surface area contributed by atoms with Crippen LogP contribution in [-0.2, 0) is 4.94 Å². The molecule has 5 heavy (non-hydrogen) atoms. The number of hydrogen-bond donors (Lipinski definition) is 1. The van der Waals surface area contributed by atoms with Gasteiger partial charge in [0, 0.05) is 0 Å². The highest BCUT2D eigenvalue weighted by Crippen LogP contribution is 1.60. The average molecular weight is 79.1 g/mol. The first-order chi connectivity index (χ1) is 2.41. The molecule has 0 radical (unpaired) electrons. The summed E-state index contributed by atoms with van der Waals surface area (Å²) in [7, 11) is 1.60. The topological polar surface area (TPSA) is 21.3 Å². The lowest BCUT2D eigenvalue weighted by atomic mass is 11.2. The molecule has 0 aromatic heterocycles. The van der Waals surface area contributed by atoms with Crippen LogP contribution in [0.3, 0.4) is 0 Å². The van der Waals surface area contributed by atoms with Gasteiger partial charge in [0.25, 0.3) is 0 Å². The van der Waals surface area contributed by atoms with Gasteiger partial charge in [-0.1, -0.05) is 0 Å². The molecule has 0 bridgehead atoms. The number of halogens is 1. The van der Waals surface area contributed by atoms with E-state index < -0.39 is 0 Å². The van der Waals surface area contributed by atoms with Crippen molar-refractivity contribution in [3.05, 3.63) is 0 Å². The molecule has 0 saturated carbocycles. The van der Waals surface area contributed by atoms with Gasteiger partial charge in [-0.3, -0.25) is 5.32 Å². The van der Waals surface area contributed by atoms with Gasteiger partial charge in [-0.15, -0.1) is 0 Å². The van der Waals surface area contributed by atoms with E-state index in [1.54, 1.807) is 7.05 Å². The Labute approximate surface area is 29.8 Å². The van der Waals surface area contributed by atoms with E-state index in [0.717, 1.165) is 0 Å². The van der Waals surface area contributed by atoms with Crippen molar-refractivity contribution < 1.29 is 9.47 Å². The molecule has 0 aliphatic heterocycles. The highest BCUT2D eigenvalue weighted by molar-refractivity contribution is 4.05. The summed E-state index contributed by atoms with van der Waals surface area (Å²) in [5.41, 5.74) is 0. The maximum Gasteiger partial charge on any atom is 0.138 e. The molecule has 0 amide bonds. The second-order valence-corrected chi connectivity index (χ2v) is 0.607. The van der Waals surface area contributed by atoms with Crippen molar-refractivity contribution in [3.63, 3.8) is 0 Å². The molecule has 0 aliphatic carbocycles. The second kappa shape index (κ2) is 3.85. The summed E-state index contributed by atoms with van der Waals surface area (Å²) in [6, 6.07) is 0. The van der Waals surface area contributed by atoms with Crippen LogP contribution in [-0.4, -0.2) is 13.8 Å². The zero-order valence-corrected chi connectivity index (χ0v) is 2.99. The molecule has 0 rings (SSSR count). The fourth-order valence-electron chi connectivity index (χ4n) is 0.0546. The molecule has 0 heterocycles. The van der Waals surface area contributed by atoms with Crippen LogP contribution in [0.5, 0.6) is 0 Å². The molecular formula is C2H6FNO. The van der Waals surface area contributed by atoms with Crippen molar-refractivity contribution in [2.75, 3.05) is 13.8 Å². The minimum atomic E-state index is -0.0278. The van der Waals surface area contributed by atoms with E-state index in [-0.39, 0.29) is 6.73 Å². The smallest absolute Gasteiger partial charge is 0.138 e. The van der Waals surface area contributed by atoms with Gasteiger partial charge in [0.15, 0.2) is 0 Å². The average Bonchev–Trinajstić information content (AvgIpc) is 1.41. The lowest BCUT2D eigenvalue weighted by Gasteiger charge is -1.82. The third kappa shape index (κ3) is 3.85. The van der Waals surface area contributed by atoms with E-state index in [4.69, 9.17) is 0 Å². The fourth-order valence-corrected chi connectivity index (χ4v) is 0.0546. The van der Waals surface area contributed by atoms with Crippen molar-refractivity contribution >= 4 is 0 Å². The molecule has 0 aromatic carbocycles. The first kappa shape index (κ1) is 4.85. The van der Waals surface area contributed by atoms with Gasteiger partial charge in [-0.2, -0.15) is 4.94 Å². The van der Waals surface area contributed by atoms with E-state index in [2.05, 4.69) is 10.3 Å². The lowest BCUT2D eigenvalue weighted by Crippen LogP contribution is -2.06. The van der Waals surface area contributed by atoms with Crippen LogP contribution in [0.15, 0.2) is 0 Å². The van der Waals surface area contributed by atoms with Gasteiger partial charge >= 0.3 is 0 Å². The maximum absolute atomic E-state index is 10.4. The van der Waals surface area contributed by atoms with E-state index in [1.807, 2.05) is 0 Å². The highest BCUT2D eigenvalue weighted by atomic mass is 19.3. The molecule has 0 atom stereocenters. The molecule has 0 spiro atoms. The molecule has 1 N–H and O–H groups in total. The Bertz CT molecular complexity index is 17.1. The number of hydrogen-bond acceptors (Lipinski definition) is 2. The van der Waals surface area contributed by atoms with E-state index in [9.17, 15) is 4.53 Å². The standard InChI is InChI=1S/C2H6FNO/c1-4-2-5-3/h4H,2H2,1H3. The monoisotopic (exact) mass is 79.0 g/mol.